The molecule has 5 rings (SSSR count). The van der Waals surface area contributed by atoms with Gasteiger partial charge in [0, 0.05) is 24.2 Å². The maximum atomic E-state index is 13.7. The molecule has 3 amide bonds. The van der Waals surface area contributed by atoms with Crippen LogP contribution in [0.4, 0.5) is 11.4 Å². The van der Waals surface area contributed by atoms with Crippen molar-refractivity contribution in [1.29, 1.82) is 0 Å². The number of hydrogen-bond donors (Lipinski definition) is 2. The van der Waals surface area contributed by atoms with Crippen molar-refractivity contribution in [2.75, 3.05) is 31.0 Å². The number of anilines is 2. The van der Waals surface area contributed by atoms with Gasteiger partial charge in [0.25, 0.3) is 11.8 Å². The third-order valence-electron chi connectivity index (χ3n) is 6.21. The van der Waals surface area contributed by atoms with Crippen LogP contribution in [0.2, 0.25) is 0 Å². The summed E-state index contributed by atoms with van der Waals surface area (Å²) in [6.45, 7) is 0.0827. The number of para-hydroxylation sites is 1. The quantitative estimate of drug-likeness (QED) is 0.530. The molecule has 0 fully saturated rings. The predicted molar refractivity (Wildman–Crippen MR) is 128 cm³/mol. The number of carbonyl (C=O) groups is 3. The second-order valence-corrected chi connectivity index (χ2v) is 8.17. The van der Waals surface area contributed by atoms with Gasteiger partial charge < -0.3 is 24.8 Å². The summed E-state index contributed by atoms with van der Waals surface area (Å²) in [4.78, 5) is 42.9. The Bertz CT molecular complexity index is 1340. The minimum absolute atomic E-state index is 0.00986. The second-order valence-electron chi connectivity index (χ2n) is 8.17. The molecule has 0 aliphatic carbocycles. The monoisotopic (exact) mass is 473 g/mol. The lowest BCUT2D eigenvalue weighted by molar-refractivity contribution is -0.116. The lowest BCUT2D eigenvalue weighted by Gasteiger charge is -2.40. The molecule has 2 N–H and O–H groups in total. The zero-order chi connectivity index (χ0) is 24.7. The van der Waals surface area contributed by atoms with Crippen molar-refractivity contribution in [2.24, 2.45) is 0 Å². The molecule has 35 heavy (non-hydrogen) atoms. The number of fused-ring (bicyclic) bond motifs is 5. The summed E-state index contributed by atoms with van der Waals surface area (Å²) in [5.41, 5.74) is 2.36. The molecule has 2 aliphatic heterocycles. The van der Waals surface area contributed by atoms with Crippen molar-refractivity contribution in [2.45, 2.75) is 12.6 Å². The number of nitrogens with one attached hydrogen (secondary N) is 1. The Kier molecular flexibility index (Phi) is 5.52. The van der Waals surface area contributed by atoms with Crippen LogP contribution in [0.1, 0.15) is 38.9 Å². The van der Waals surface area contributed by atoms with Crippen LogP contribution in [-0.2, 0) is 4.79 Å². The van der Waals surface area contributed by atoms with Gasteiger partial charge in [-0.25, -0.2) is 0 Å². The number of ether oxygens (including phenoxy) is 2. The molecule has 0 saturated heterocycles. The smallest absolute Gasteiger partial charge is 0.264 e. The van der Waals surface area contributed by atoms with Crippen LogP contribution in [0.3, 0.4) is 0 Å². The van der Waals surface area contributed by atoms with Crippen LogP contribution >= 0.6 is 0 Å². The second kappa shape index (κ2) is 8.68. The van der Waals surface area contributed by atoms with Crippen LogP contribution < -0.4 is 19.7 Å². The SMILES string of the molecule is COc1ccc2c(c1OC)C(=O)N1c3ccccc3C(=O)N(CCC(=O)Nc3ccc(O)cc3)C21. The summed E-state index contributed by atoms with van der Waals surface area (Å²) in [5.74, 6) is -0.0600. The molecule has 9 heteroatoms. The van der Waals surface area contributed by atoms with Crippen molar-refractivity contribution in [1.82, 2.24) is 4.90 Å². The molecule has 0 spiro atoms. The third-order valence-corrected chi connectivity index (χ3v) is 6.21. The van der Waals surface area contributed by atoms with Crippen molar-refractivity contribution < 1.29 is 29.0 Å². The number of amides is 3. The van der Waals surface area contributed by atoms with E-state index in [9.17, 15) is 19.5 Å². The Morgan fingerprint density at radius 2 is 1.71 bits per heavy atom. The van der Waals surface area contributed by atoms with E-state index in [0.29, 0.717) is 39.6 Å². The van der Waals surface area contributed by atoms with Gasteiger partial charge in [0.2, 0.25) is 5.91 Å². The van der Waals surface area contributed by atoms with Crippen molar-refractivity contribution in [3.05, 3.63) is 77.4 Å². The van der Waals surface area contributed by atoms with Gasteiger partial charge in [0.1, 0.15) is 11.9 Å². The molecule has 9 nitrogen and oxygen atoms in total. The minimum Gasteiger partial charge on any atom is -0.508 e. The highest BCUT2D eigenvalue weighted by atomic mass is 16.5. The lowest BCUT2D eigenvalue weighted by Crippen LogP contribution is -2.49. The number of carbonyl (C=O) groups excluding carboxylic acids is 3. The number of phenols is 1. The summed E-state index contributed by atoms with van der Waals surface area (Å²) in [6.07, 6.45) is -0.711. The van der Waals surface area contributed by atoms with Crippen molar-refractivity contribution >= 4 is 29.1 Å². The zero-order valence-corrected chi connectivity index (χ0v) is 19.1. The normalized spacial score (nSPS) is 15.9. The molecular formula is C26H23N3O6. The first-order chi connectivity index (χ1) is 16.9. The average molecular weight is 473 g/mol. The number of rotatable bonds is 6. The third kappa shape index (κ3) is 3.61. The van der Waals surface area contributed by atoms with E-state index in [1.54, 1.807) is 53.4 Å². The molecule has 3 aromatic carbocycles. The molecule has 2 aliphatic rings. The number of phenolic OH excluding ortho intramolecular Hbond substituents is 1. The van der Waals surface area contributed by atoms with Gasteiger partial charge in [-0.3, -0.25) is 19.3 Å². The van der Waals surface area contributed by atoms with E-state index in [4.69, 9.17) is 9.47 Å². The highest BCUT2D eigenvalue weighted by Gasteiger charge is 2.49. The molecule has 178 valence electrons. The maximum absolute atomic E-state index is 13.7. The maximum Gasteiger partial charge on any atom is 0.264 e. The van der Waals surface area contributed by atoms with Gasteiger partial charge in [-0.1, -0.05) is 18.2 Å². The molecule has 3 aromatic rings. The van der Waals surface area contributed by atoms with E-state index in [2.05, 4.69) is 5.32 Å². The highest BCUT2D eigenvalue weighted by molar-refractivity contribution is 6.18. The summed E-state index contributed by atoms with van der Waals surface area (Å²) >= 11 is 0. The summed E-state index contributed by atoms with van der Waals surface area (Å²) in [6, 6.07) is 16.5. The number of methoxy groups -OCH3 is 2. The standard InChI is InChI=1S/C26H23N3O6/c1-34-20-12-11-18-22(23(20)35-2)26(33)29-19-6-4-3-5-17(19)25(32)28(24(18)29)14-13-21(31)27-15-7-9-16(30)10-8-15/h3-12,24,30H,13-14H2,1-2H3,(H,27,31). The Morgan fingerprint density at radius 1 is 0.971 bits per heavy atom. The Hall–Kier alpha value is -4.53. The molecule has 0 radical (unpaired) electrons. The van der Waals surface area contributed by atoms with E-state index in [0.717, 1.165) is 0 Å². The fourth-order valence-electron chi connectivity index (χ4n) is 4.64. The summed E-state index contributed by atoms with van der Waals surface area (Å²) < 4.78 is 10.9. The fraction of sp³-hybridized carbons (Fsp3) is 0.192. The molecule has 1 unspecified atom stereocenters. The number of hydrogen-bond acceptors (Lipinski definition) is 6. The lowest BCUT2D eigenvalue weighted by atomic mass is 10.0. The molecular weight excluding hydrogens is 450 g/mol. The first kappa shape index (κ1) is 22.3. The van der Waals surface area contributed by atoms with Gasteiger partial charge >= 0.3 is 0 Å². The predicted octanol–water partition coefficient (Wildman–Crippen LogP) is 3.55. The summed E-state index contributed by atoms with van der Waals surface area (Å²) in [7, 11) is 2.96. The summed E-state index contributed by atoms with van der Waals surface area (Å²) in [5, 5.41) is 12.2. The van der Waals surface area contributed by atoms with E-state index in [1.165, 1.54) is 31.3 Å². The number of nitrogens with zero attached hydrogens (tertiary/aromatic N) is 2. The van der Waals surface area contributed by atoms with Crippen LogP contribution in [0.15, 0.2) is 60.7 Å². The van der Waals surface area contributed by atoms with Gasteiger partial charge in [-0.05, 0) is 42.5 Å². The largest absolute Gasteiger partial charge is 0.508 e. The van der Waals surface area contributed by atoms with Crippen molar-refractivity contribution in [3.8, 4) is 17.2 Å². The Morgan fingerprint density at radius 3 is 2.43 bits per heavy atom. The zero-order valence-electron chi connectivity index (χ0n) is 19.1. The van der Waals surface area contributed by atoms with E-state index in [-0.39, 0.29) is 36.4 Å². The molecule has 0 aromatic heterocycles. The van der Waals surface area contributed by atoms with Gasteiger partial charge in [0.05, 0.1) is 31.0 Å². The first-order valence-electron chi connectivity index (χ1n) is 11.0. The molecule has 2 heterocycles. The van der Waals surface area contributed by atoms with Gasteiger partial charge in [-0.2, -0.15) is 0 Å². The molecule has 0 saturated carbocycles. The highest BCUT2D eigenvalue weighted by Crippen LogP contribution is 2.49. The van der Waals surface area contributed by atoms with Crippen LogP contribution in [0.25, 0.3) is 0 Å². The van der Waals surface area contributed by atoms with Crippen LogP contribution in [0, 0.1) is 0 Å². The van der Waals surface area contributed by atoms with E-state index in [1.807, 2.05) is 0 Å². The number of aromatic hydroxyl groups is 1. The van der Waals surface area contributed by atoms with E-state index < -0.39 is 6.17 Å². The average Bonchev–Trinajstić information content (AvgIpc) is 3.17. The topological polar surface area (TPSA) is 108 Å². The minimum atomic E-state index is -0.721. The first-order valence-corrected chi connectivity index (χ1v) is 11.0. The van der Waals surface area contributed by atoms with Gasteiger partial charge in [0.15, 0.2) is 11.5 Å². The fourth-order valence-corrected chi connectivity index (χ4v) is 4.64. The Labute approximate surface area is 201 Å². The number of benzene rings is 3. The molecule has 1 atom stereocenters. The van der Waals surface area contributed by atoms with Crippen molar-refractivity contribution in [3.63, 3.8) is 0 Å². The van der Waals surface area contributed by atoms with Gasteiger partial charge in [-0.15, -0.1) is 0 Å². The van der Waals surface area contributed by atoms with E-state index >= 15 is 0 Å². The van der Waals surface area contributed by atoms with Crippen LogP contribution in [-0.4, -0.2) is 48.5 Å². The Balaban J connectivity index is 1.50. The molecule has 0 bridgehead atoms. The van der Waals surface area contributed by atoms with Crippen LogP contribution in [0.5, 0.6) is 17.2 Å².